The summed E-state index contributed by atoms with van der Waals surface area (Å²) in [6.45, 7) is 1.72. The molecule has 0 saturated carbocycles. The molecule has 3 aromatic rings. The van der Waals surface area contributed by atoms with Gasteiger partial charge < -0.3 is 0 Å². The van der Waals surface area contributed by atoms with Crippen LogP contribution in [0.1, 0.15) is 16.3 Å². The fraction of sp³-hybridized carbons (Fsp3) is 0.250. The standard InChI is InChI=1S/C12H8ClF3N4OS/c1-6-4-19-10(21)2-7(17-11(19)22-6)5-20-9(13)3-8(18-20)12(14,15)16/h2-4H,5H2,1H3. The topological polar surface area (TPSA) is 52.2 Å². The van der Waals surface area contributed by atoms with E-state index >= 15 is 0 Å². The lowest BCUT2D eigenvalue weighted by Crippen LogP contribution is -2.15. The zero-order valence-electron chi connectivity index (χ0n) is 11.1. The second-order valence-electron chi connectivity index (χ2n) is 4.59. The third kappa shape index (κ3) is 2.73. The molecule has 3 rings (SSSR count). The Morgan fingerprint density at radius 2 is 2.09 bits per heavy atom. The van der Waals surface area contributed by atoms with Crippen molar-refractivity contribution < 1.29 is 13.2 Å². The molecule has 0 N–H and O–H groups in total. The summed E-state index contributed by atoms with van der Waals surface area (Å²) in [5.74, 6) is 0. The number of hydrogen-bond donors (Lipinski definition) is 0. The fourth-order valence-corrected chi connectivity index (χ4v) is 2.99. The number of alkyl halides is 3. The van der Waals surface area contributed by atoms with Crippen LogP contribution >= 0.6 is 22.9 Å². The molecule has 116 valence electrons. The molecule has 0 aliphatic rings. The molecular weight excluding hydrogens is 341 g/mol. The Bertz CT molecular complexity index is 911. The highest BCUT2D eigenvalue weighted by molar-refractivity contribution is 7.16. The van der Waals surface area contributed by atoms with E-state index in [1.54, 1.807) is 6.20 Å². The highest BCUT2D eigenvalue weighted by Crippen LogP contribution is 2.30. The minimum Gasteiger partial charge on any atom is -0.269 e. The minimum absolute atomic E-state index is 0.113. The zero-order valence-corrected chi connectivity index (χ0v) is 12.6. The number of aromatic nitrogens is 4. The Hall–Kier alpha value is -1.87. The van der Waals surface area contributed by atoms with Crippen LogP contribution in [-0.2, 0) is 12.7 Å². The van der Waals surface area contributed by atoms with Crippen LogP contribution in [-0.4, -0.2) is 19.2 Å². The van der Waals surface area contributed by atoms with Gasteiger partial charge in [0.15, 0.2) is 10.7 Å². The van der Waals surface area contributed by atoms with Crippen molar-refractivity contribution in [3.8, 4) is 0 Å². The van der Waals surface area contributed by atoms with Gasteiger partial charge in [0.05, 0.1) is 12.2 Å². The molecule has 10 heteroatoms. The molecule has 0 aliphatic carbocycles. The van der Waals surface area contributed by atoms with Crippen LogP contribution < -0.4 is 5.56 Å². The second-order valence-corrected chi connectivity index (χ2v) is 6.19. The number of rotatable bonds is 2. The van der Waals surface area contributed by atoms with E-state index in [0.717, 1.165) is 15.6 Å². The third-order valence-corrected chi connectivity index (χ3v) is 4.07. The number of hydrogen-bond acceptors (Lipinski definition) is 4. The van der Waals surface area contributed by atoms with Crippen molar-refractivity contribution in [3.05, 3.63) is 50.1 Å². The van der Waals surface area contributed by atoms with Crippen LogP contribution in [0.2, 0.25) is 5.15 Å². The maximum Gasteiger partial charge on any atom is 0.435 e. The van der Waals surface area contributed by atoms with Gasteiger partial charge in [-0.1, -0.05) is 11.6 Å². The van der Waals surface area contributed by atoms with Crippen molar-refractivity contribution in [1.29, 1.82) is 0 Å². The Labute approximate surface area is 130 Å². The van der Waals surface area contributed by atoms with E-state index < -0.39 is 11.9 Å². The first kappa shape index (κ1) is 15.0. The zero-order chi connectivity index (χ0) is 16.1. The Morgan fingerprint density at radius 3 is 2.73 bits per heavy atom. The van der Waals surface area contributed by atoms with Crippen molar-refractivity contribution in [1.82, 2.24) is 19.2 Å². The van der Waals surface area contributed by atoms with Gasteiger partial charge in [0.2, 0.25) is 0 Å². The highest BCUT2D eigenvalue weighted by Gasteiger charge is 2.34. The SMILES string of the molecule is Cc1cn2c(=O)cc(Cn3nc(C(F)(F)F)cc3Cl)nc2s1. The molecule has 0 aliphatic heterocycles. The monoisotopic (exact) mass is 348 g/mol. The molecule has 0 radical (unpaired) electrons. The lowest BCUT2D eigenvalue weighted by atomic mass is 10.4. The van der Waals surface area contributed by atoms with Crippen LogP contribution in [0.4, 0.5) is 13.2 Å². The molecule has 22 heavy (non-hydrogen) atoms. The molecular formula is C12H8ClF3N4OS. The molecule has 0 bridgehead atoms. The van der Waals surface area contributed by atoms with Gasteiger partial charge in [0.1, 0.15) is 5.15 Å². The van der Waals surface area contributed by atoms with Gasteiger partial charge in [-0.15, -0.1) is 11.3 Å². The highest BCUT2D eigenvalue weighted by atomic mass is 35.5. The Kier molecular flexibility index (Phi) is 3.48. The van der Waals surface area contributed by atoms with E-state index in [1.165, 1.54) is 21.8 Å². The summed E-state index contributed by atoms with van der Waals surface area (Å²) in [5.41, 5.74) is -1.09. The largest absolute Gasteiger partial charge is 0.435 e. The first-order valence-corrected chi connectivity index (χ1v) is 7.23. The predicted molar refractivity (Wildman–Crippen MR) is 75.4 cm³/mol. The van der Waals surface area contributed by atoms with Gasteiger partial charge >= 0.3 is 6.18 Å². The van der Waals surface area contributed by atoms with Gasteiger partial charge in [-0.05, 0) is 6.92 Å². The van der Waals surface area contributed by atoms with Crippen molar-refractivity contribution in [2.75, 3.05) is 0 Å². The van der Waals surface area contributed by atoms with E-state index in [0.29, 0.717) is 10.7 Å². The maximum absolute atomic E-state index is 12.6. The maximum atomic E-state index is 12.6. The van der Waals surface area contributed by atoms with Gasteiger partial charge in [0, 0.05) is 23.2 Å². The summed E-state index contributed by atoms with van der Waals surface area (Å²) >= 11 is 7.07. The van der Waals surface area contributed by atoms with E-state index in [4.69, 9.17) is 11.6 Å². The van der Waals surface area contributed by atoms with Crippen molar-refractivity contribution in [3.63, 3.8) is 0 Å². The molecule has 0 spiro atoms. The van der Waals surface area contributed by atoms with Crippen LogP contribution in [0.3, 0.4) is 0 Å². The molecule has 0 aromatic carbocycles. The Morgan fingerprint density at radius 1 is 1.36 bits per heavy atom. The molecule has 3 aromatic heterocycles. The molecule has 0 amide bonds. The predicted octanol–water partition coefficient (Wildman–Crippen LogP) is 2.98. The van der Waals surface area contributed by atoms with E-state index in [2.05, 4.69) is 10.1 Å². The van der Waals surface area contributed by atoms with Gasteiger partial charge in [-0.2, -0.15) is 18.3 Å². The smallest absolute Gasteiger partial charge is 0.269 e. The van der Waals surface area contributed by atoms with Gasteiger partial charge in [-0.3, -0.25) is 9.20 Å². The first-order chi connectivity index (χ1) is 10.2. The molecule has 3 heterocycles. The summed E-state index contributed by atoms with van der Waals surface area (Å²) in [6.07, 6.45) is -2.92. The Balaban J connectivity index is 2.00. The van der Waals surface area contributed by atoms with Crippen molar-refractivity contribution >= 4 is 27.9 Å². The van der Waals surface area contributed by atoms with Crippen molar-refractivity contribution in [2.24, 2.45) is 0 Å². The lowest BCUT2D eigenvalue weighted by molar-refractivity contribution is -0.141. The second kappa shape index (κ2) is 5.10. The minimum atomic E-state index is -4.57. The van der Waals surface area contributed by atoms with E-state index in [1.807, 2.05) is 6.92 Å². The van der Waals surface area contributed by atoms with Crippen LogP contribution in [0.25, 0.3) is 4.96 Å². The van der Waals surface area contributed by atoms with Crippen molar-refractivity contribution in [2.45, 2.75) is 19.6 Å². The summed E-state index contributed by atoms with van der Waals surface area (Å²) in [6, 6.07) is 1.99. The summed E-state index contributed by atoms with van der Waals surface area (Å²) < 4.78 is 40.1. The molecule has 0 fully saturated rings. The van der Waals surface area contributed by atoms with E-state index in [-0.39, 0.29) is 17.3 Å². The number of fused-ring (bicyclic) bond motifs is 1. The van der Waals surface area contributed by atoms with Crippen LogP contribution in [0.5, 0.6) is 0 Å². The number of aryl methyl sites for hydroxylation is 1. The fourth-order valence-electron chi connectivity index (χ4n) is 1.94. The molecule has 0 saturated heterocycles. The molecule has 0 unspecified atom stereocenters. The molecule has 5 nitrogen and oxygen atoms in total. The summed E-state index contributed by atoms with van der Waals surface area (Å²) in [4.78, 5) is 17.6. The number of halogens is 4. The molecule has 0 atom stereocenters. The van der Waals surface area contributed by atoms with Crippen LogP contribution in [0.15, 0.2) is 23.1 Å². The van der Waals surface area contributed by atoms with Gasteiger partial charge in [0.25, 0.3) is 5.56 Å². The van der Waals surface area contributed by atoms with Crippen LogP contribution in [0, 0.1) is 6.92 Å². The summed E-state index contributed by atoms with van der Waals surface area (Å²) in [5, 5.41) is 3.24. The average molecular weight is 349 g/mol. The lowest BCUT2D eigenvalue weighted by Gasteiger charge is -2.03. The number of nitrogens with zero attached hydrogens (tertiary/aromatic N) is 4. The van der Waals surface area contributed by atoms with E-state index in [9.17, 15) is 18.0 Å². The normalized spacial score (nSPS) is 12.2. The average Bonchev–Trinajstić information content (AvgIpc) is 2.93. The first-order valence-electron chi connectivity index (χ1n) is 6.03. The number of thiazole rings is 1. The quantitative estimate of drug-likeness (QED) is 0.715. The summed E-state index contributed by atoms with van der Waals surface area (Å²) in [7, 11) is 0. The van der Waals surface area contributed by atoms with Gasteiger partial charge in [-0.25, -0.2) is 9.67 Å². The third-order valence-electron chi connectivity index (χ3n) is 2.87.